The Morgan fingerprint density at radius 1 is 1.58 bits per heavy atom. The number of hydrogen-bond acceptors (Lipinski definition) is 4. The number of halogens is 1. The molecule has 1 fully saturated rings. The Hall–Kier alpha value is -1.18. The van der Waals surface area contributed by atoms with Crippen LogP contribution in [-0.4, -0.2) is 18.8 Å². The van der Waals surface area contributed by atoms with Crippen molar-refractivity contribution in [2.45, 2.75) is 24.2 Å². The summed E-state index contributed by atoms with van der Waals surface area (Å²) in [6, 6.07) is 7.46. The molecule has 0 aromatic heterocycles. The van der Waals surface area contributed by atoms with Gasteiger partial charge in [0, 0.05) is 15.7 Å². The monoisotopic (exact) mass is 295 g/mol. The highest BCUT2D eigenvalue weighted by molar-refractivity contribution is 7.99. The molecule has 0 aliphatic heterocycles. The Balaban J connectivity index is 2.00. The van der Waals surface area contributed by atoms with Gasteiger partial charge in [0.15, 0.2) is 0 Å². The molecule has 19 heavy (non-hydrogen) atoms. The van der Waals surface area contributed by atoms with Crippen LogP contribution in [0, 0.1) is 16.7 Å². The summed E-state index contributed by atoms with van der Waals surface area (Å²) in [4.78, 5) is 12.3. The second kappa shape index (κ2) is 5.85. The van der Waals surface area contributed by atoms with Gasteiger partial charge >= 0.3 is 5.97 Å². The molecule has 1 aliphatic carbocycles. The van der Waals surface area contributed by atoms with E-state index in [0.29, 0.717) is 17.0 Å². The van der Waals surface area contributed by atoms with Gasteiger partial charge in [0.1, 0.15) is 6.07 Å². The first-order chi connectivity index (χ1) is 9.08. The van der Waals surface area contributed by atoms with Crippen LogP contribution >= 0.6 is 23.4 Å². The normalized spacial score (nSPS) is 15.6. The van der Waals surface area contributed by atoms with Gasteiger partial charge in [-0.05, 0) is 36.5 Å². The number of methoxy groups -OCH3 is 1. The summed E-state index contributed by atoms with van der Waals surface area (Å²) in [6.07, 6.45) is 2.56. The van der Waals surface area contributed by atoms with Gasteiger partial charge in [0.25, 0.3) is 0 Å². The molecule has 0 heterocycles. The van der Waals surface area contributed by atoms with Crippen molar-refractivity contribution in [1.29, 1.82) is 5.26 Å². The molecule has 0 bridgehead atoms. The van der Waals surface area contributed by atoms with E-state index in [1.165, 1.54) is 7.11 Å². The first kappa shape index (κ1) is 14.2. The van der Waals surface area contributed by atoms with Crippen molar-refractivity contribution < 1.29 is 9.53 Å². The van der Waals surface area contributed by atoms with E-state index in [9.17, 15) is 4.79 Å². The van der Waals surface area contributed by atoms with E-state index >= 15 is 0 Å². The number of thioether (sulfide) groups is 1. The lowest BCUT2D eigenvalue weighted by Gasteiger charge is -2.13. The van der Waals surface area contributed by atoms with Crippen LogP contribution in [-0.2, 0) is 9.53 Å². The number of ether oxygens (including phenoxy) is 1. The highest BCUT2D eigenvalue weighted by atomic mass is 35.5. The second-order valence-electron chi connectivity index (χ2n) is 4.79. The standard InChI is InChI=1S/C14H14ClNO2S/c1-18-13(17)7-14(4-5-14)9-19-12-3-2-11(15)6-10(12)8-16/h2-3,6H,4-5,7,9H2,1H3. The molecule has 0 saturated heterocycles. The smallest absolute Gasteiger partial charge is 0.306 e. The lowest BCUT2D eigenvalue weighted by molar-refractivity contribution is -0.141. The molecule has 5 heteroatoms. The Morgan fingerprint density at radius 2 is 2.32 bits per heavy atom. The van der Waals surface area contributed by atoms with Crippen LogP contribution in [0.5, 0.6) is 0 Å². The molecule has 0 radical (unpaired) electrons. The zero-order chi connectivity index (χ0) is 13.9. The molecular weight excluding hydrogens is 282 g/mol. The predicted molar refractivity (Wildman–Crippen MR) is 75.2 cm³/mol. The summed E-state index contributed by atoms with van der Waals surface area (Å²) in [7, 11) is 1.42. The molecule has 0 amide bonds. The summed E-state index contributed by atoms with van der Waals surface area (Å²) < 4.78 is 4.72. The van der Waals surface area contributed by atoms with Crippen molar-refractivity contribution in [2.75, 3.05) is 12.9 Å². The minimum Gasteiger partial charge on any atom is -0.469 e. The van der Waals surface area contributed by atoms with Gasteiger partial charge in [-0.1, -0.05) is 11.6 Å². The first-order valence-electron chi connectivity index (χ1n) is 5.98. The number of esters is 1. The Kier molecular flexibility index (Phi) is 4.38. The van der Waals surface area contributed by atoms with E-state index in [1.807, 2.05) is 6.07 Å². The van der Waals surface area contributed by atoms with Crippen molar-refractivity contribution >= 4 is 29.3 Å². The molecule has 3 nitrogen and oxygen atoms in total. The average molecular weight is 296 g/mol. The second-order valence-corrected chi connectivity index (χ2v) is 6.25. The van der Waals surface area contributed by atoms with Crippen LogP contribution < -0.4 is 0 Å². The van der Waals surface area contributed by atoms with Gasteiger partial charge in [-0.25, -0.2) is 0 Å². The minimum atomic E-state index is -0.158. The van der Waals surface area contributed by atoms with E-state index < -0.39 is 0 Å². The minimum absolute atomic E-state index is 0.0596. The fraction of sp³-hybridized carbons (Fsp3) is 0.429. The van der Waals surface area contributed by atoms with E-state index in [2.05, 4.69) is 6.07 Å². The molecule has 1 aromatic rings. The molecule has 1 aliphatic rings. The van der Waals surface area contributed by atoms with Crippen LogP contribution in [0.1, 0.15) is 24.8 Å². The number of benzene rings is 1. The van der Waals surface area contributed by atoms with Crippen molar-refractivity contribution in [3.8, 4) is 6.07 Å². The average Bonchev–Trinajstić information content (AvgIpc) is 3.17. The van der Waals surface area contributed by atoms with Gasteiger partial charge in [-0.2, -0.15) is 5.26 Å². The molecule has 0 N–H and O–H groups in total. The number of nitriles is 1. The van der Waals surface area contributed by atoms with E-state index in [4.69, 9.17) is 21.6 Å². The largest absolute Gasteiger partial charge is 0.469 e. The Labute approximate surface area is 121 Å². The Morgan fingerprint density at radius 3 is 2.89 bits per heavy atom. The third-order valence-corrected chi connectivity index (χ3v) is 4.96. The number of rotatable bonds is 5. The van der Waals surface area contributed by atoms with Gasteiger partial charge < -0.3 is 4.74 Å². The maximum absolute atomic E-state index is 11.3. The van der Waals surface area contributed by atoms with Crippen molar-refractivity contribution in [3.05, 3.63) is 28.8 Å². The van der Waals surface area contributed by atoms with E-state index in [0.717, 1.165) is 23.5 Å². The van der Waals surface area contributed by atoms with Crippen LogP contribution in [0.15, 0.2) is 23.1 Å². The maximum Gasteiger partial charge on any atom is 0.306 e. The van der Waals surface area contributed by atoms with Crippen LogP contribution in [0.4, 0.5) is 0 Å². The third kappa shape index (κ3) is 3.65. The summed E-state index contributed by atoms with van der Waals surface area (Å²) in [5, 5.41) is 9.64. The summed E-state index contributed by atoms with van der Waals surface area (Å²) in [6.45, 7) is 0. The highest BCUT2D eigenvalue weighted by Crippen LogP contribution is 2.52. The molecule has 0 atom stereocenters. The van der Waals surface area contributed by atoms with Crippen molar-refractivity contribution in [1.82, 2.24) is 0 Å². The fourth-order valence-corrected chi connectivity index (χ4v) is 3.32. The van der Waals surface area contributed by atoms with E-state index in [-0.39, 0.29) is 11.4 Å². The van der Waals surface area contributed by atoms with Gasteiger partial charge in [0.05, 0.1) is 19.1 Å². The fourth-order valence-electron chi connectivity index (χ4n) is 1.87. The zero-order valence-corrected chi connectivity index (χ0v) is 12.2. The quantitative estimate of drug-likeness (QED) is 0.614. The predicted octanol–water partition coefficient (Wildman–Crippen LogP) is 3.65. The number of nitrogens with zero attached hydrogens (tertiary/aromatic N) is 1. The molecule has 100 valence electrons. The zero-order valence-electron chi connectivity index (χ0n) is 10.6. The van der Waals surface area contributed by atoms with Gasteiger partial charge in [-0.3, -0.25) is 4.79 Å². The lowest BCUT2D eigenvalue weighted by Crippen LogP contribution is -2.13. The van der Waals surface area contributed by atoms with Crippen molar-refractivity contribution in [2.24, 2.45) is 5.41 Å². The molecular formula is C14H14ClNO2S. The van der Waals surface area contributed by atoms with Crippen LogP contribution in [0.3, 0.4) is 0 Å². The SMILES string of the molecule is COC(=O)CC1(CSc2ccc(Cl)cc2C#N)CC1. The molecule has 2 rings (SSSR count). The molecule has 1 aromatic carbocycles. The number of carbonyl (C=O) groups excluding carboxylic acids is 1. The van der Waals surface area contributed by atoms with Gasteiger partial charge in [0.2, 0.25) is 0 Å². The highest BCUT2D eigenvalue weighted by Gasteiger charge is 2.44. The summed E-state index contributed by atoms with van der Waals surface area (Å²) in [5.41, 5.74) is 0.649. The summed E-state index contributed by atoms with van der Waals surface area (Å²) >= 11 is 7.48. The van der Waals surface area contributed by atoms with Gasteiger partial charge in [-0.15, -0.1) is 11.8 Å². The first-order valence-corrected chi connectivity index (χ1v) is 7.34. The van der Waals surface area contributed by atoms with Crippen molar-refractivity contribution in [3.63, 3.8) is 0 Å². The topological polar surface area (TPSA) is 50.1 Å². The Bertz CT molecular complexity index is 535. The number of carbonyl (C=O) groups is 1. The van der Waals surface area contributed by atoms with Crippen LogP contribution in [0.25, 0.3) is 0 Å². The maximum atomic E-state index is 11.3. The summed E-state index contributed by atoms with van der Waals surface area (Å²) in [5.74, 6) is 0.674. The van der Waals surface area contributed by atoms with E-state index in [1.54, 1.807) is 23.9 Å². The third-order valence-electron chi connectivity index (χ3n) is 3.30. The lowest BCUT2D eigenvalue weighted by atomic mass is 10.1. The van der Waals surface area contributed by atoms with Crippen LogP contribution in [0.2, 0.25) is 5.02 Å². The number of hydrogen-bond donors (Lipinski definition) is 0. The molecule has 1 saturated carbocycles. The molecule has 0 unspecified atom stereocenters. The molecule has 0 spiro atoms.